The summed E-state index contributed by atoms with van der Waals surface area (Å²) in [6, 6.07) is 6.28. The van der Waals surface area contributed by atoms with E-state index in [0.29, 0.717) is 24.7 Å². The lowest BCUT2D eigenvalue weighted by molar-refractivity contribution is -0.163. The van der Waals surface area contributed by atoms with Gasteiger partial charge in [-0.05, 0) is 44.8 Å². The first-order valence-electron chi connectivity index (χ1n) is 7.32. The molecule has 0 bridgehead atoms. The molecule has 0 aromatic heterocycles. The van der Waals surface area contributed by atoms with E-state index >= 15 is 0 Å². The highest BCUT2D eigenvalue weighted by atomic mass is 35.5. The normalized spacial score (nSPS) is 16.0. The maximum absolute atomic E-state index is 12.7. The van der Waals surface area contributed by atoms with Gasteiger partial charge in [0.15, 0.2) is 0 Å². The van der Waals surface area contributed by atoms with Gasteiger partial charge in [-0.25, -0.2) is 9.59 Å². The maximum Gasteiger partial charge on any atom is 0.421 e. The lowest BCUT2D eigenvalue weighted by Gasteiger charge is -2.26. The standard InChI is InChI=1S/C16H18ClNO6/c1-18(2)10-16(23-14(20)15(21)24-16)13(19)11-4-6-12(7-5-11)22-9-3-8-17/h4-7H,3,8-10H2,1-2H3. The number of benzene rings is 1. The van der Waals surface area contributed by atoms with E-state index in [2.05, 4.69) is 0 Å². The van der Waals surface area contributed by atoms with Crippen LogP contribution in [0.2, 0.25) is 0 Å². The zero-order chi connectivity index (χ0) is 17.7. The topological polar surface area (TPSA) is 82.1 Å². The van der Waals surface area contributed by atoms with Crippen molar-refractivity contribution in [2.45, 2.75) is 12.2 Å². The summed E-state index contributed by atoms with van der Waals surface area (Å²) in [4.78, 5) is 37.1. The Morgan fingerprint density at radius 3 is 2.25 bits per heavy atom. The van der Waals surface area contributed by atoms with Crippen LogP contribution in [0.15, 0.2) is 24.3 Å². The first-order chi connectivity index (χ1) is 11.4. The summed E-state index contributed by atoms with van der Waals surface area (Å²) in [5, 5.41) is 0. The summed E-state index contributed by atoms with van der Waals surface area (Å²) < 4.78 is 15.4. The van der Waals surface area contributed by atoms with Crippen molar-refractivity contribution in [3.63, 3.8) is 0 Å². The van der Waals surface area contributed by atoms with Gasteiger partial charge in [0.1, 0.15) is 5.75 Å². The quantitative estimate of drug-likeness (QED) is 0.228. The number of esters is 2. The van der Waals surface area contributed by atoms with Gasteiger partial charge in [0, 0.05) is 11.4 Å². The second-order valence-electron chi connectivity index (χ2n) is 5.51. The lowest BCUT2D eigenvalue weighted by atomic mass is 10.0. The maximum atomic E-state index is 12.7. The molecular weight excluding hydrogens is 338 g/mol. The van der Waals surface area contributed by atoms with Crippen molar-refractivity contribution in [1.82, 2.24) is 4.90 Å². The number of ketones is 1. The van der Waals surface area contributed by atoms with Gasteiger partial charge in [-0.15, -0.1) is 11.6 Å². The van der Waals surface area contributed by atoms with Crippen molar-refractivity contribution >= 4 is 29.3 Å². The van der Waals surface area contributed by atoms with Crippen LogP contribution < -0.4 is 4.74 Å². The van der Waals surface area contributed by atoms with Gasteiger partial charge in [0.2, 0.25) is 5.78 Å². The molecule has 1 aromatic rings. The second-order valence-corrected chi connectivity index (χ2v) is 5.89. The van der Waals surface area contributed by atoms with Crippen molar-refractivity contribution in [3.05, 3.63) is 29.8 Å². The molecule has 1 saturated heterocycles. The fraction of sp³-hybridized carbons (Fsp3) is 0.438. The Labute approximate surface area is 144 Å². The summed E-state index contributed by atoms with van der Waals surface area (Å²) >= 11 is 5.58. The Balaban J connectivity index is 2.18. The van der Waals surface area contributed by atoms with E-state index < -0.39 is 23.5 Å². The second kappa shape index (κ2) is 7.63. The van der Waals surface area contributed by atoms with Crippen LogP contribution in [-0.2, 0) is 19.1 Å². The Hall–Kier alpha value is -2.12. The molecule has 7 nitrogen and oxygen atoms in total. The average molecular weight is 356 g/mol. The molecule has 8 heteroatoms. The summed E-state index contributed by atoms with van der Waals surface area (Å²) in [6.45, 7) is 0.397. The number of nitrogens with zero attached hydrogens (tertiary/aromatic N) is 1. The Morgan fingerprint density at radius 1 is 1.17 bits per heavy atom. The van der Waals surface area contributed by atoms with Crippen LogP contribution in [0.4, 0.5) is 0 Å². The van der Waals surface area contributed by atoms with E-state index in [1.54, 1.807) is 31.1 Å². The number of alkyl halides is 1. The van der Waals surface area contributed by atoms with E-state index in [1.165, 1.54) is 12.1 Å². The van der Waals surface area contributed by atoms with Crippen molar-refractivity contribution in [2.24, 2.45) is 0 Å². The van der Waals surface area contributed by atoms with Crippen LogP contribution in [0.1, 0.15) is 16.8 Å². The molecule has 1 heterocycles. The Morgan fingerprint density at radius 2 is 1.75 bits per heavy atom. The highest BCUT2D eigenvalue weighted by molar-refractivity contribution is 6.32. The molecule has 24 heavy (non-hydrogen) atoms. The third kappa shape index (κ3) is 4.04. The molecule has 0 spiro atoms. The third-order valence-corrected chi connectivity index (χ3v) is 3.48. The van der Waals surface area contributed by atoms with Gasteiger partial charge >= 0.3 is 17.7 Å². The van der Waals surface area contributed by atoms with E-state index in [1.807, 2.05) is 0 Å². The minimum absolute atomic E-state index is 0.0721. The zero-order valence-electron chi connectivity index (χ0n) is 13.4. The first-order valence-corrected chi connectivity index (χ1v) is 7.86. The van der Waals surface area contributed by atoms with Crippen LogP contribution in [0.3, 0.4) is 0 Å². The molecule has 1 aliphatic heterocycles. The number of cyclic esters (lactones) is 2. The molecular formula is C16H18ClNO6. The fourth-order valence-corrected chi connectivity index (χ4v) is 2.33. The smallest absolute Gasteiger partial charge is 0.421 e. The van der Waals surface area contributed by atoms with Gasteiger partial charge in [-0.3, -0.25) is 4.79 Å². The number of carbonyl (C=O) groups excluding carboxylic acids is 3. The summed E-state index contributed by atoms with van der Waals surface area (Å²) in [6.07, 6.45) is 0.708. The minimum Gasteiger partial charge on any atom is -0.494 e. The molecule has 1 fully saturated rings. The van der Waals surface area contributed by atoms with E-state index in [4.69, 9.17) is 25.8 Å². The van der Waals surface area contributed by atoms with Gasteiger partial charge in [0.05, 0.1) is 13.2 Å². The predicted molar refractivity (Wildman–Crippen MR) is 85.1 cm³/mol. The molecule has 2 rings (SSSR count). The number of halogens is 1. The van der Waals surface area contributed by atoms with E-state index in [9.17, 15) is 14.4 Å². The van der Waals surface area contributed by atoms with Crippen LogP contribution >= 0.6 is 11.6 Å². The van der Waals surface area contributed by atoms with Crippen LogP contribution in [0, 0.1) is 0 Å². The summed E-state index contributed by atoms with van der Waals surface area (Å²) in [5.41, 5.74) is 0.240. The number of hydrogen-bond acceptors (Lipinski definition) is 7. The van der Waals surface area contributed by atoms with Crippen molar-refractivity contribution < 1.29 is 28.6 Å². The highest BCUT2D eigenvalue weighted by Crippen LogP contribution is 2.27. The molecule has 0 atom stereocenters. The van der Waals surface area contributed by atoms with Crippen molar-refractivity contribution in [1.29, 1.82) is 0 Å². The molecule has 0 N–H and O–H groups in total. The SMILES string of the molecule is CN(C)CC1(C(=O)c2ccc(OCCCCl)cc2)OC(=O)C(=O)O1. The van der Waals surface area contributed by atoms with Gasteiger partial charge in [-0.2, -0.15) is 0 Å². The number of rotatable bonds is 8. The first kappa shape index (κ1) is 18.2. The van der Waals surface area contributed by atoms with Gasteiger partial charge in [-0.1, -0.05) is 0 Å². The number of likely N-dealkylation sites (N-methyl/N-ethyl adjacent to an activating group) is 1. The fourth-order valence-electron chi connectivity index (χ4n) is 2.22. The monoisotopic (exact) mass is 355 g/mol. The van der Waals surface area contributed by atoms with Crippen LogP contribution in [-0.4, -0.2) is 61.5 Å². The molecule has 1 aromatic carbocycles. The molecule has 0 radical (unpaired) electrons. The Bertz CT molecular complexity index is 612. The third-order valence-electron chi connectivity index (χ3n) is 3.22. The largest absolute Gasteiger partial charge is 0.494 e. The van der Waals surface area contributed by atoms with E-state index in [0.717, 1.165) is 0 Å². The molecule has 130 valence electrons. The molecule has 0 amide bonds. The zero-order valence-corrected chi connectivity index (χ0v) is 14.2. The number of carbonyl (C=O) groups is 3. The predicted octanol–water partition coefficient (Wildman–Crippen LogP) is 1.23. The van der Waals surface area contributed by atoms with Crippen LogP contribution in [0.25, 0.3) is 0 Å². The van der Waals surface area contributed by atoms with Gasteiger partial charge in [0.25, 0.3) is 0 Å². The van der Waals surface area contributed by atoms with Gasteiger partial charge < -0.3 is 19.1 Å². The molecule has 0 unspecified atom stereocenters. The molecule has 0 aliphatic carbocycles. The minimum atomic E-state index is -1.96. The molecule has 0 saturated carbocycles. The Kier molecular flexibility index (Phi) is 5.80. The average Bonchev–Trinajstić information content (AvgIpc) is 2.82. The van der Waals surface area contributed by atoms with Crippen LogP contribution in [0.5, 0.6) is 5.75 Å². The van der Waals surface area contributed by atoms with Crippen molar-refractivity contribution in [2.75, 3.05) is 33.1 Å². The number of Topliss-reactive ketones (excluding diaryl/α,β-unsaturated/α-hetero) is 1. The number of ether oxygens (including phenoxy) is 3. The van der Waals surface area contributed by atoms with E-state index in [-0.39, 0.29) is 12.1 Å². The molecule has 1 aliphatic rings. The van der Waals surface area contributed by atoms with Crippen molar-refractivity contribution in [3.8, 4) is 5.75 Å². The highest BCUT2D eigenvalue weighted by Gasteiger charge is 2.55. The summed E-state index contributed by atoms with van der Waals surface area (Å²) in [7, 11) is 3.34. The number of hydrogen-bond donors (Lipinski definition) is 0. The lowest BCUT2D eigenvalue weighted by Crippen LogP contribution is -2.48. The summed E-state index contributed by atoms with van der Waals surface area (Å²) in [5.74, 6) is -3.84.